The van der Waals surface area contributed by atoms with Gasteiger partial charge in [-0.2, -0.15) is 0 Å². The molecule has 0 saturated heterocycles. The van der Waals surface area contributed by atoms with Crippen molar-refractivity contribution >= 4 is 35.1 Å². The lowest BCUT2D eigenvalue weighted by atomic mass is 10.2. The van der Waals surface area contributed by atoms with E-state index >= 15 is 0 Å². The molecule has 0 spiro atoms. The van der Waals surface area contributed by atoms with Crippen LogP contribution in [-0.2, 0) is 6.54 Å². The zero-order chi connectivity index (χ0) is 23.0. The molecule has 32 heavy (non-hydrogen) atoms. The molecule has 3 aromatic rings. The van der Waals surface area contributed by atoms with Gasteiger partial charge >= 0.3 is 6.36 Å². The lowest BCUT2D eigenvalue weighted by Gasteiger charge is -2.10. The first-order chi connectivity index (χ1) is 15.4. The molecule has 0 aliphatic heterocycles. The zero-order valence-electron chi connectivity index (χ0n) is 17.0. The minimum absolute atomic E-state index is 0.306. The van der Waals surface area contributed by atoms with Crippen LogP contribution in [0.25, 0.3) is 5.57 Å². The topological polar surface area (TPSA) is 85.4 Å². The SMILES string of the molecule is CSc1ccc(CN=CC(=CN)c2cc(Nc3ccc(OC(F)(F)F)cc3)ncn2)cc1. The van der Waals surface area contributed by atoms with E-state index in [1.165, 1.54) is 41.7 Å². The quantitative estimate of drug-likeness (QED) is 0.346. The normalized spacial score (nSPS) is 12.2. The van der Waals surface area contributed by atoms with Crippen molar-refractivity contribution in [3.8, 4) is 5.75 Å². The third-order valence-corrected chi connectivity index (χ3v) is 4.91. The summed E-state index contributed by atoms with van der Waals surface area (Å²) in [6, 6.07) is 15.1. The average Bonchev–Trinajstić information content (AvgIpc) is 2.78. The molecule has 1 heterocycles. The summed E-state index contributed by atoms with van der Waals surface area (Å²) in [4.78, 5) is 14.0. The van der Waals surface area contributed by atoms with Crippen LogP contribution in [0.5, 0.6) is 5.75 Å². The van der Waals surface area contributed by atoms with E-state index in [2.05, 4.69) is 25.0 Å². The molecule has 0 amide bonds. The Kier molecular flexibility index (Phi) is 7.72. The molecule has 3 rings (SSSR count). The van der Waals surface area contributed by atoms with Crippen molar-refractivity contribution in [1.29, 1.82) is 0 Å². The molecule has 2 aromatic carbocycles. The maximum Gasteiger partial charge on any atom is 0.573 e. The molecule has 0 radical (unpaired) electrons. The van der Waals surface area contributed by atoms with Crippen molar-refractivity contribution in [3.63, 3.8) is 0 Å². The Labute approximate surface area is 187 Å². The largest absolute Gasteiger partial charge is 0.573 e. The Hall–Kier alpha value is -3.53. The molecular formula is C22H20F3N5OS. The van der Waals surface area contributed by atoms with Crippen molar-refractivity contribution in [2.75, 3.05) is 11.6 Å². The molecule has 0 saturated carbocycles. The predicted molar refractivity (Wildman–Crippen MR) is 121 cm³/mol. The van der Waals surface area contributed by atoms with E-state index in [1.54, 1.807) is 24.0 Å². The van der Waals surface area contributed by atoms with Crippen molar-refractivity contribution in [3.05, 3.63) is 78.4 Å². The van der Waals surface area contributed by atoms with Crippen LogP contribution in [0.3, 0.4) is 0 Å². The van der Waals surface area contributed by atoms with Gasteiger partial charge in [0.15, 0.2) is 0 Å². The van der Waals surface area contributed by atoms with Gasteiger partial charge in [0.25, 0.3) is 0 Å². The highest BCUT2D eigenvalue weighted by Crippen LogP contribution is 2.25. The lowest BCUT2D eigenvalue weighted by Crippen LogP contribution is -2.16. The molecular weight excluding hydrogens is 439 g/mol. The van der Waals surface area contributed by atoms with Gasteiger partial charge in [-0.05, 0) is 48.2 Å². The summed E-state index contributed by atoms with van der Waals surface area (Å²) in [5, 5.41) is 3.00. The zero-order valence-corrected chi connectivity index (χ0v) is 17.8. The van der Waals surface area contributed by atoms with Gasteiger partial charge in [0, 0.05) is 34.6 Å². The number of nitrogens with two attached hydrogens (primary N) is 1. The number of ether oxygens (including phenoxy) is 1. The maximum atomic E-state index is 12.3. The van der Waals surface area contributed by atoms with Gasteiger partial charge in [0.1, 0.15) is 17.9 Å². The first kappa shape index (κ1) is 23.1. The number of aromatic nitrogens is 2. The van der Waals surface area contributed by atoms with Crippen LogP contribution < -0.4 is 15.8 Å². The van der Waals surface area contributed by atoms with Gasteiger partial charge in [-0.15, -0.1) is 24.9 Å². The molecule has 0 unspecified atom stereocenters. The summed E-state index contributed by atoms with van der Waals surface area (Å²) in [5.41, 5.74) is 8.50. The summed E-state index contributed by atoms with van der Waals surface area (Å²) in [7, 11) is 0. The smallest absolute Gasteiger partial charge is 0.406 e. The number of hydrogen-bond donors (Lipinski definition) is 2. The van der Waals surface area contributed by atoms with E-state index in [-0.39, 0.29) is 5.75 Å². The van der Waals surface area contributed by atoms with Crippen molar-refractivity contribution in [2.45, 2.75) is 17.8 Å². The lowest BCUT2D eigenvalue weighted by molar-refractivity contribution is -0.274. The molecule has 10 heteroatoms. The fraction of sp³-hybridized carbons (Fsp3) is 0.136. The van der Waals surface area contributed by atoms with Gasteiger partial charge in [-0.3, -0.25) is 4.99 Å². The van der Waals surface area contributed by atoms with Crippen LogP contribution in [0.15, 0.2) is 77.0 Å². The standard InChI is InChI=1S/C22H20F3N5OS/c1-32-19-8-2-15(3-9-19)12-27-13-16(11-26)20-10-21(29-14-28-20)30-17-4-6-18(7-5-17)31-22(23,24)25/h2-11,13-14H,12,26H2,1H3,(H,28,29,30). The second kappa shape index (κ2) is 10.7. The minimum atomic E-state index is -4.74. The fourth-order valence-electron chi connectivity index (χ4n) is 2.65. The van der Waals surface area contributed by atoms with Crippen molar-refractivity contribution < 1.29 is 17.9 Å². The van der Waals surface area contributed by atoms with Crippen LogP contribution >= 0.6 is 11.8 Å². The van der Waals surface area contributed by atoms with Gasteiger partial charge in [-0.1, -0.05) is 12.1 Å². The predicted octanol–water partition coefficient (Wildman–Crippen LogP) is 5.41. The van der Waals surface area contributed by atoms with E-state index in [0.717, 1.165) is 5.56 Å². The Balaban J connectivity index is 1.65. The Morgan fingerprint density at radius 2 is 1.84 bits per heavy atom. The van der Waals surface area contributed by atoms with Gasteiger partial charge in [-0.25, -0.2) is 9.97 Å². The van der Waals surface area contributed by atoms with Crippen LogP contribution in [0.1, 0.15) is 11.3 Å². The summed E-state index contributed by atoms with van der Waals surface area (Å²) in [6.45, 7) is 0.495. The van der Waals surface area contributed by atoms with Crippen LogP contribution in [-0.4, -0.2) is 28.8 Å². The fourth-order valence-corrected chi connectivity index (χ4v) is 3.05. The molecule has 0 atom stereocenters. The second-order valence-electron chi connectivity index (χ2n) is 6.43. The Morgan fingerprint density at radius 3 is 2.47 bits per heavy atom. The van der Waals surface area contributed by atoms with E-state index in [0.29, 0.717) is 29.3 Å². The number of benzene rings is 2. The molecule has 3 N–H and O–H groups in total. The number of nitrogens with zero attached hydrogens (tertiary/aromatic N) is 3. The summed E-state index contributed by atoms with van der Waals surface area (Å²) in [6.07, 6.45) is 1.68. The number of aliphatic imine (C=N–C) groups is 1. The number of nitrogens with one attached hydrogen (secondary N) is 1. The van der Waals surface area contributed by atoms with E-state index in [1.807, 2.05) is 30.5 Å². The van der Waals surface area contributed by atoms with E-state index < -0.39 is 6.36 Å². The minimum Gasteiger partial charge on any atom is -0.406 e. The number of thioether (sulfide) groups is 1. The van der Waals surface area contributed by atoms with Crippen molar-refractivity contribution in [2.24, 2.45) is 10.7 Å². The Morgan fingerprint density at radius 1 is 1.12 bits per heavy atom. The second-order valence-corrected chi connectivity index (χ2v) is 7.31. The number of anilines is 2. The van der Waals surface area contributed by atoms with E-state index in [9.17, 15) is 13.2 Å². The molecule has 0 fully saturated rings. The van der Waals surface area contributed by atoms with Crippen LogP contribution in [0, 0.1) is 0 Å². The molecule has 0 bridgehead atoms. The molecule has 1 aromatic heterocycles. The number of rotatable bonds is 8. The Bertz CT molecular complexity index is 1080. The monoisotopic (exact) mass is 459 g/mol. The third-order valence-electron chi connectivity index (χ3n) is 4.17. The first-order valence-electron chi connectivity index (χ1n) is 9.36. The van der Waals surface area contributed by atoms with Crippen LogP contribution in [0.2, 0.25) is 0 Å². The summed E-state index contributed by atoms with van der Waals surface area (Å²) >= 11 is 1.68. The maximum absolute atomic E-state index is 12.3. The highest BCUT2D eigenvalue weighted by molar-refractivity contribution is 7.98. The average molecular weight is 459 g/mol. The highest BCUT2D eigenvalue weighted by Gasteiger charge is 2.30. The van der Waals surface area contributed by atoms with Gasteiger partial charge in [0.05, 0.1) is 12.2 Å². The number of allylic oxidation sites excluding steroid dienone is 1. The molecule has 0 aliphatic carbocycles. The number of alkyl halides is 3. The number of halogens is 3. The third kappa shape index (κ3) is 7.02. The van der Waals surface area contributed by atoms with Crippen LogP contribution in [0.4, 0.5) is 24.7 Å². The number of hydrogen-bond acceptors (Lipinski definition) is 7. The highest BCUT2D eigenvalue weighted by atomic mass is 32.2. The van der Waals surface area contributed by atoms with Gasteiger partial charge in [0.2, 0.25) is 0 Å². The summed E-state index contributed by atoms with van der Waals surface area (Å²) < 4.78 is 40.7. The van der Waals surface area contributed by atoms with E-state index in [4.69, 9.17) is 5.73 Å². The molecule has 6 nitrogen and oxygen atoms in total. The first-order valence-corrected chi connectivity index (χ1v) is 10.6. The molecule has 166 valence electrons. The van der Waals surface area contributed by atoms with Crippen molar-refractivity contribution in [1.82, 2.24) is 9.97 Å². The van der Waals surface area contributed by atoms with Gasteiger partial charge < -0.3 is 15.8 Å². The molecule has 0 aliphatic rings. The summed E-state index contributed by atoms with van der Waals surface area (Å²) in [5.74, 6) is 0.138.